The van der Waals surface area contributed by atoms with Crippen LogP contribution in [0.2, 0.25) is 5.02 Å². The molecule has 0 aliphatic carbocycles. The summed E-state index contributed by atoms with van der Waals surface area (Å²) in [5, 5.41) is -0.0547. The average Bonchev–Trinajstić information content (AvgIpc) is 2.42. The molecule has 1 amide bonds. The van der Waals surface area contributed by atoms with Crippen LogP contribution >= 0.6 is 11.6 Å². The molecule has 1 aliphatic heterocycles. The molecule has 0 aromatic heterocycles. The molecule has 0 saturated carbocycles. The number of rotatable bonds is 2. The minimum absolute atomic E-state index is 0.0185. The highest BCUT2D eigenvalue weighted by Gasteiger charge is 2.27. The first-order chi connectivity index (χ1) is 9.40. The van der Waals surface area contributed by atoms with E-state index in [0.29, 0.717) is 13.1 Å². The molecule has 110 valence electrons. The van der Waals surface area contributed by atoms with Crippen molar-refractivity contribution in [1.29, 1.82) is 0 Å². The predicted molar refractivity (Wildman–Crippen MR) is 74.0 cm³/mol. The van der Waals surface area contributed by atoms with Crippen molar-refractivity contribution in [2.24, 2.45) is 0 Å². The van der Waals surface area contributed by atoms with Crippen molar-refractivity contribution in [3.8, 4) is 0 Å². The van der Waals surface area contributed by atoms with Crippen LogP contribution in [0.15, 0.2) is 12.1 Å². The van der Waals surface area contributed by atoms with Crippen LogP contribution in [0.1, 0.15) is 23.2 Å². The van der Waals surface area contributed by atoms with Crippen LogP contribution < -0.4 is 0 Å². The first-order valence-corrected chi connectivity index (χ1v) is 6.88. The lowest BCUT2D eigenvalue weighted by atomic mass is 10.0. The van der Waals surface area contributed by atoms with E-state index in [1.54, 1.807) is 4.90 Å². The number of hydrogen-bond donors (Lipinski definition) is 0. The lowest BCUT2D eigenvalue weighted by Gasteiger charge is -2.36. The van der Waals surface area contributed by atoms with Gasteiger partial charge in [-0.3, -0.25) is 4.79 Å². The molecule has 0 unspecified atom stereocenters. The van der Waals surface area contributed by atoms with Gasteiger partial charge in [-0.15, -0.1) is 0 Å². The zero-order chi connectivity index (χ0) is 14.9. The minimum Gasteiger partial charge on any atom is -0.337 e. The third kappa shape index (κ3) is 3.10. The van der Waals surface area contributed by atoms with Crippen molar-refractivity contribution in [3.05, 3.63) is 34.4 Å². The number of amides is 1. The number of nitrogens with zero attached hydrogens (tertiary/aromatic N) is 2. The molecule has 0 spiro atoms. The van der Waals surface area contributed by atoms with Gasteiger partial charge in [-0.1, -0.05) is 11.6 Å². The second-order valence-electron chi connectivity index (χ2n) is 5.26. The number of hydrogen-bond acceptors (Lipinski definition) is 2. The number of likely N-dealkylation sites (tertiary alicyclic amines) is 1. The fraction of sp³-hybridized carbons (Fsp3) is 0.500. The molecule has 1 aromatic rings. The van der Waals surface area contributed by atoms with Gasteiger partial charge in [0.15, 0.2) is 11.6 Å². The van der Waals surface area contributed by atoms with Gasteiger partial charge in [0.05, 0.1) is 10.6 Å². The molecule has 0 bridgehead atoms. The molecule has 1 aromatic carbocycles. The first-order valence-electron chi connectivity index (χ1n) is 6.50. The van der Waals surface area contributed by atoms with Gasteiger partial charge in [0.2, 0.25) is 0 Å². The van der Waals surface area contributed by atoms with Crippen molar-refractivity contribution in [1.82, 2.24) is 9.80 Å². The van der Waals surface area contributed by atoms with Crippen LogP contribution in [0.25, 0.3) is 0 Å². The van der Waals surface area contributed by atoms with Gasteiger partial charge in [-0.05, 0) is 39.1 Å². The Morgan fingerprint density at radius 2 is 2.00 bits per heavy atom. The molecule has 1 aliphatic rings. The van der Waals surface area contributed by atoms with Gasteiger partial charge < -0.3 is 9.80 Å². The zero-order valence-corrected chi connectivity index (χ0v) is 12.3. The summed E-state index contributed by atoms with van der Waals surface area (Å²) in [6, 6.07) is 1.99. The Balaban J connectivity index is 2.21. The highest BCUT2D eigenvalue weighted by molar-refractivity contribution is 6.33. The molecule has 20 heavy (non-hydrogen) atoms. The van der Waals surface area contributed by atoms with Crippen LogP contribution in [0, 0.1) is 11.6 Å². The molecule has 1 fully saturated rings. The highest BCUT2D eigenvalue weighted by Crippen LogP contribution is 2.23. The summed E-state index contributed by atoms with van der Waals surface area (Å²) in [7, 11) is 3.92. The minimum atomic E-state index is -1.06. The zero-order valence-electron chi connectivity index (χ0n) is 11.5. The summed E-state index contributed by atoms with van der Waals surface area (Å²) in [4.78, 5) is 16.1. The molecule has 1 saturated heterocycles. The van der Waals surface area contributed by atoms with E-state index in [2.05, 4.69) is 4.90 Å². The molecular formula is C14H17ClF2N2O. The number of likely N-dealkylation sites (N-methyl/N-ethyl adjacent to an activating group) is 1. The van der Waals surface area contributed by atoms with Crippen LogP contribution in [0.5, 0.6) is 0 Å². The Labute approximate surface area is 122 Å². The average molecular weight is 303 g/mol. The topological polar surface area (TPSA) is 23.6 Å². The Hall–Kier alpha value is -1.20. The Morgan fingerprint density at radius 1 is 1.35 bits per heavy atom. The molecular weight excluding hydrogens is 286 g/mol. The van der Waals surface area contributed by atoms with Crippen molar-refractivity contribution >= 4 is 17.5 Å². The first kappa shape index (κ1) is 15.2. The fourth-order valence-electron chi connectivity index (χ4n) is 2.42. The standard InChI is InChI=1S/C14H17ClF2N2O/c1-18(2)9-4-3-5-19(8-9)14(20)10-6-12(16)13(17)7-11(10)15/h6-7,9H,3-5,8H2,1-2H3/t9-/m1/s1. The summed E-state index contributed by atoms with van der Waals surface area (Å²) < 4.78 is 26.3. The van der Waals surface area contributed by atoms with Crippen molar-refractivity contribution < 1.29 is 13.6 Å². The second-order valence-corrected chi connectivity index (χ2v) is 5.66. The number of carbonyl (C=O) groups is 1. The summed E-state index contributed by atoms with van der Waals surface area (Å²) in [5.41, 5.74) is 0.0185. The number of piperidine rings is 1. The summed E-state index contributed by atoms with van der Waals surface area (Å²) >= 11 is 5.85. The molecule has 2 rings (SSSR count). The van der Waals surface area contributed by atoms with Crippen molar-refractivity contribution in [3.63, 3.8) is 0 Å². The molecule has 0 radical (unpaired) electrons. The fourth-order valence-corrected chi connectivity index (χ4v) is 2.65. The Morgan fingerprint density at radius 3 is 2.65 bits per heavy atom. The van der Waals surface area contributed by atoms with Gasteiger partial charge in [0.1, 0.15) is 0 Å². The Bertz CT molecular complexity index is 522. The van der Waals surface area contributed by atoms with Gasteiger partial charge in [-0.2, -0.15) is 0 Å². The third-order valence-corrected chi connectivity index (χ3v) is 3.97. The van der Waals surface area contributed by atoms with Crippen molar-refractivity contribution in [2.45, 2.75) is 18.9 Å². The van der Waals surface area contributed by atoms with E-state index in [-0.39, 0.29) is 22.5 Å². The van der Waals surface area contributed by atoms with Gasteiger partial charge >= 0.3 is 0 Å². The summed E-state index contributed by atoms with van der Waals surface area (Å²) in [6.07, 6.45) is 1.90. The molecule has 6 heteroatoms. The lowest BCUT2D eigenvalue weighted by Crippen LogP contribution is -2.47. The monoisotopic (exact) mass is 302 g/mol. The normalized spacial score (nSPS) is 19.5. The maximum atomic E-state index is 13.3. The predicted octanol–water partition coefficient (Wildman–Crippen LogP) is 2.78. The summed E-state index contributed by atoms with van der Waals surface area (Å²) in [6.45, 7) is 1.18. The second kappa shape index (κ2) is 6.06. The van der Waals surface area contributed by atoms with Crippen molar-refractivity contribution in [2.75, 3.05) is 27.2 Å². The van der Waals surface area contributed by atoms with E-state index in [9.17, 15) is 13.6 Å². The maximum Gasteiger partial charge on any atom is 0.255 e. The third-order valence-electron chi connectivity index (χ3n) is 3.65. The van der Waals surface area contributed by atoms with Gasteiger partial charge in [0, 0.05) is 19.1 Å². The van der Waals surface area contributed by atoms with E-state index >= 15 is 0 Å². The van der Waals surface area contributed by atoms with E-state index in [0.717, 1.165) is 25.0 Å². The quantitative estimate of drug-likeness (QED) is 0.784. The van der Waals surface area contributed by atoms with Gasteiger partial charge in [-0.25, -0.2) is 8.78 Å². The SMILES string of the molecule is CN(C)[C@@H]1CCCN(C(=O)c2cc(F)c(F)cc2Cl)C1. The molecule has 1 heterocycles. The lowest BCUT2D eigenvalue weighted by molar-refractivity contribution is 0.0634. The number of benzene rings is 1. The Kier molecular flexibility index (Phi) is 4.60. The number of halogens is 3. The largest absolute Gasteiger partial charge is 0.337 e. The molecule has 3 nitrogen and oxygen atoms in total. The van der Waals surface area contributed by atoms with Crippen LogP contribution in [-0.4, -0.2) is 48.9 Å². The molecule has 1 atom stereocenters. The van der Waals surface area contributed by atoms with Crippen LogP contribution in [0.4, 0.5) is 8.78 Å². The molecule has 0 N–H and O–H groups in total. The maximum absolute atomic E-state index is 13.3. The van der Waals surface area contributed by atoms with Crippen LogP contribution in [0.3, 0.4) is 0 Å². The van der Waals surface area contributed by atoms with E-state index in [1.807, 2.05) is 14.1 Å². The van der Waals surface area contributed by atoms with E-state index in [1.165, 1.54) is 0 Å². The van der Waals surface area contributed by atoms with Gasteiger partial charge in [0.25, 0.3) is 5.91 Å². The van der Waals surface area contributed by atoms with E-state index in [4.69, 9.17) is 11.6 Å². The number of carbonyl (C=O) groups excluding carboxylic acids is 1. The van der Waals surface area contributed by atoms with Crippen LogP contribution in [-0.2, 0) is 0 Å². The highest BCUT2D eigenvalue weighted by atomic mass is 35.5. The summed E-state index contributed by atoms with van der Waals surface area (Å²) in [5.74, 6) is -2.45. The van der Waals surface area contributed by atoms with E-state index < -0.39 is 11.6 Å². The smallest absolute Gasteiger partial charge is 0.255 e.